The second kappa shape index (κ2) is 14.4. The lowest BCUT2D eigenvalue weighted by Crippen LogP contribution is -2.46. The minimum absolute atomic E-state index is 0.0461. The summed E-state index contributed by atoms with van der Waals surface area (Å²) >= 11 is 0. The van der Waals surface area contributed by atoms with E-state index in [0.29, 0.717) is 6.54 Å². The van der Waals surface area contributed by atoms with Gasteiger partial charge in [-0.25, -0.2) is 9.59 Å². The Kier molecular flexibility index (Phi) is 9.65. The van der Waals surface area contributed by atoms with E-state index in [4.69, 9.17) is 9.47 Å². The van der Waals surface area contributed by atoms with E-state index in [1.165, 1.54) is 18.2 Å². The van der Waals surface area contributed by atoms with E-state index in [-0.39, 0.29) is 66.5 Å². The number of rotatable bonds is 10. The van der Waals surface area contributed by atoms with Gasteiger partial charge in [0.2, 0.25) is 0 Å². The van der Waals surface area contributed by atoms with Crippen LogP contribution >= 0.6 is 0 Å². The molecule has 2 saturated heterocycles. The van der Waals surface area contributed by atoms with Crippen LogP contribution in [-0.2, 0) is 27.4 Å². The predicted molar refractivity (Wildman–Crippen MR) is 178 cm³/mol. The van der Waals surface area contributed by atoms with Gasteiger partial charge in [0, 0.05) is 36.2 Å². The first-order valence-electron chi connectivity index (χ1n) is 16.6. The maximum Gasteiger partial charge on any atom is 0.346 e. The van der Waals surface area contributed by atoms with E-state index in [9.17, 15) is 24.6 Å². The number of hydrogen-bond acceptors (Lipinski definition) is 9. The highest BCUT2D eigenvalue weighted by molar-refractivity contribution is 6.15. The molecule has 0 aromatic heterocycles. The van der Waals surface area contributed by atoms with Crippen molar-refractivity contribution in [3.63, 3.8) is 0 Å². The van der Waals surface area contributed by atoms with Crippen LogP contribution in [0.2, 0.25) is 0 Å². The first kappa shape index (κ1) is 32.8. The molecule has 252 valence electrons. The van der Waals surface area contributed by atoms with Crippen molar-refractivity contribution in [2.24, 2.45) is 0 Å². The SMILES string of the molecule is O=C(NCc1ccc(C2OC(CN3CCCC3CO)C(c3ccccc3)C(c3ccc(CO)cc3)O2)cc1)c1ccc2c(c1)C(=O)OC2=O. The summed E-state index contributed by atoms with van der Waals surface area (Å²) in [5.74, 6) is -1.99. The van der Waals surface area contributed by atoms with Crippen LogP contribution in [0.5, 0.6) is 0 Å². The van der Waals surface area contributed by atoms with Gasteiger partial charge < -0.3 is 29.7 Å². The number of esters is 2. The topological polar surface area (TPSA) is 135 Å². The van der Waals surface area contributed by atoms with Crippen LogP contribution < -0.4 is 5.32 Å². The highest BCUT2D eigenvalue weighted by atomic mass is 16.7. The van der Waals surface area contributed by atoms with E-state index < -0.39 is 18.2 Å². The Morgan fingerprint density at radius 2 is 1.51 bits per heavy atom. The molecule has 49 heavy (non-hydrogen) atoms. The summed E-state index contributed by atoms with van der Waals surface area (Å²) in [7, 11) is 0. The highest BCUT2D eigenvalue weighted by Crippen LogP contribution is 2.47. The minimum atomic E-state index is -0.757. The zero-order valence-electron chi connectivity index (χ0n) is 26.9. The number of nitrogens with one attached hydrogen (secondary N) is 1. The maximum atomic E-state index is 12.9. The van der Waals surface area contributed by atoms with Gasteiger partial charge in [0.1, 0.15) is 0 Å². The number of hydrogen-bond donors (Lipinski definition) is 3. The minimum Gasteiger partial charge on any atom is -0.395 e. The zero-order valence-corrected chi connectivity index (χ0v) is 26.9. The third-order valence-corrected chi connectivity index (χ3v) is 9.71. The van der Waals surface area contributed by atoms with Crippen LogP contribution in [0.3, 0.4) is 0 Å². The average molecular weight is 663 g/mol. The van der Waals surface area contributed by atoms with Gasteiger partial charge in [-0.15, -0.1) is 0 Å². The quantitative estimate of drug-likeness (QED) is 0.162. The van der Waals surface area contributed by atoms with E-state index in [2.05, 4.69) is 27.1 Å². The van der Waals surface area contributed by atoms with Crippen LogP contribution in [-0.4, -0.2) is 64.8 Å². The Balaban J connectivity index is 1.12. The summed E-state index contributed by atoms with van der Waals surface area (Å²) < 4.78 is 18.3. The molecule has 3 heterocycles. The standard InChI is InChI=1S/C39H38N2O8/c42-22-25-10-12-27(13-11-25)35-34(26-5-2-1-3-6-26)33(21-41-18-4-7-30(41)23-43)47-39(48-35)28-14-8-24(9-15-28)20-40-36(44)29-16-17-31-32(19-29)38(46)49-37(31)45/h1-3,5-6,8-17,19,30,33-35,39,42-43H,4,7,18,20-23H2,(H,40,44). The highest BCUT2D eigenvalue weighted by Gasteiger charge is 2.43. The molecule has 0 radical (unpaired) electrons. The number of carbonyl (C=O) groups is 3. The zero-order chi connectivity index (χ0) is 33.9. The van der Waals surface area contributed by atoms with E-state index in [1.54, 1.807) is 0 Å². The number of aliphatic hydroxyl groups excluding tert-OH is 2. The summed E-state index contributed by atoms with van der Waals surface area (Å²) in [5, 5.41) is 22.6. The van der Waals surface area contributed by atoms with Crippen LogP contribution in [0, 0.1) is 0 Å². The van der Waals surface area contributed by atoms with Gasteiger partial charge in [-0.2, -0.15) is 0 Å². The van der Waals surface area contributed by atoms with Gasteiger partial charge in [0.05, 0.1) is 36.5 Å². The number of carbonyl (C=O) groups excluding carboxylic acids is 3. The number of ether oxygens (including phenoxy) is 3. The lowest BCUT2D eigenvalue weighted by Gasteiger charge is -2.44. The molecule has 3 aliphatic rings. The Hall–Kier alpha value is -4.71. The van der Waals surface area contributed by atoms with Crippen molar-refractivity contribution < 1.29 is 38.8 Å². The van der Waals surface area contributed by atoms with Crippen molar-refractivity contribution in [2.75, 3.05) is 19.7 Å². The Bertz CT molecular complexity index is 1810. The molecule has 5 atom stereocenters. The smallest absolute Gasteiger partial charge is 0.346 e. The van der Waals surface area contributed by atoms with Gasteiger partial charge in [-0.3, -0.25) is 9.69 Å². The van der Waals surface area contributed by atoms with Crippen molar-refractivity contribution in [3.05, 3.63) is 142 Å². The number of cyclic esters (lactones) is 2. The molecule has 3 N–H and O–H groups in total. The molecular formula is C39H38N2O8. The first-order valence-corrected chi connectivity index (χ1v) is 16.6. The number of nitrogens with zero attached hydrogens (tertiary/aromatic N) is 1. The third kappa shape index (κ3) is 6.92. The van der Waals surface area contributed by atoms with Gasteiger partial charge in [-0.05, 0) is 59.8 Å². The number of benzene rings is 4. The molecule has 1 amide bonds. The summed E-state index contributed by atoms with van der Waals surface area (Å²) in [4.78, 5) is 38.9. The molecular weight excluding hydrogens is 624 g/mol. The number of likely N-dealkylation sites (tertiary alicyclic amines) is 1. The predicted octanol–water partition coefficient (Wildman–Crippen LogP) is 4.82. The Morgan fingerprint density at radius 1 is 0.796 bits per heavy atom. The van der Waals surface area contributed by atoms with Crippen molar-refractivity contribution in [1.29, 1.82) is 0 Å². The lowest BCUT2D eigenvalue weighted by molar-refractivity contribution is -0.264. The van der Waals surface area contributed by atoms with Crippen molar-refractivity contribution in [3.8, 4) is 0 Å². The summed E-state index contributed by atoms with van der Waals surface area (Å²) in [5.41, 5.74) is 5.06. The van der Waals surface area contributed by atoms with Crippen molar-refractivity contribution >= 4 is 17.8 Å². The fourth-order valence-corrected chi connectivity index (χ4v) is 7.04. The fourth-order valence-electron chi connectivity index (χ4n) is 7.04. The molecule has 4 aromatic rings. The summed E-state index contributed by atoms with van der Waals surface area (Å²) in [6.07, 6.45) is 0.682. The molecule has 5 unspecified atom stereocenters. The molecule has 0 aliphatic carbocycles. The van der Waals surface area contributed by atoms with Crippen molar-refractivity contribution in [1.82, 2.24) is 10.2 Å². The molecule has 7 rings (SSSR count). The number of fused-ring (bicyclic) bond motifs is 1. The molecule has 0 spiro atoms. The fraction of sp³-hybridized carbons (Fsp3) is 0.308. The molecule has 10 nitrogen and oxygen atoms in total. The number of aliphatic hydroxyl groups is 2. The molecule has 0 saturated carbocycles. The Labute approximate surface area is 284 Å². The maximum absolute atomic E-state index is 12.9. The van der Waals surface area contributed by atoms with Crippen molar-refractivity contribution in [2.45, 2.75) is 56.5 Å². The lowest BCUT2D eigenvalue weighted by atomic mass is 9.83. The molecule has 4 aromatic carbocycles. The van der Waals surface area contributed by atoms with Gasteiger partial charge >= 0.3 is 11.9 Å². The van der Waals surface area contributed by atoms with E-state index in [1.807, 2.05) is 66.7 Å². The molecule has 3 aliphatic heterocycles. The molecule has 0 bridgehead atoms. The first-order chi connectivity index (χ1) is 23.9. The molecule has 2 fully saturated rings. The van der Waals surface area contributed by atoms with Gasteiger partial charge in [-0.1, -0.05) is 78.9 Å². The third-order valence-electron chi connectivity index (χ3n) is 9.71. The summed E-state index contributed by atoms with van der Waals surface area (Å²) in [6.45, 7) is 1.82. The van der Waals surface area contributed by atoms with Crippen LogP contribution in [0.15, 0.2) is 97.1 Å². The summed E-state index contributed by atoms with van der Waals surface area (Å²) in [6, 6.07) is 30.1. The normalized spacial score (nSPS) is 23.7. The second-order valence-electron chi connectivity index (χ2n) is 12.7. The van der Waals surface area contributed by atoms with Crippen LogP contribution in [0.25, 0.3) is 0 Å². The van der Waals surface area contributed by atoms with E-state index >= 15 is 0 Å². The van der Waals surface area contributed by atoms with Crippen LogP contribution in [0.4, 0.5) is 0 Å². The van der Waals surface area contributed by atoms with Crippen LogP contribution in [0.1, 0.15) is 90.0 Å². The average Bonchev–Trinajstić information content (AvgIpc) is 3.72. The second-order valence-corrected chi connectivity index (χ2v) is 12.7. The Morgan fingerprint density at radius 3 is 2.24 bits per heavy atom. The number of amides is 1. The molecule has 10 heteroatoms. The van der Waals surface area contributed by atoms with Gasteiger partial charge in [0.15, 0.2) is 6.29 Å². The monoisotopic (exact) mass is 662 g/mol. The van der Waals surface area contributed by atoms with Gasteiger partial charge in [0.25, 0.3) is 5.91 Å². The van der Waals surface area contributed by atoms with E-state index in [0.717, 1.165) is 47.2 Å². The largest absolute Gasteiger partial charge is 0.395 e.